The van der Waals surface area contributed by atoms with Crippen molar-refractivity contribution in [2.75, 3.05) is 26.9 Å². The average molecular weight is 518 g/mol. The SMILES string of the molecule is CCNC(=NCc1cc(Cl)c2c(c1)OCCO2)NCc1ccccc1OC.I. The third kappa shape index (κ3) is 5.81. The molecule has 0 fully saturated rings. The fourth-order valence-electron chi connectivity index (χ4n) is 2.80. The highest BCUT2D eigenvalue weighted by Gasteiger charge is 2.16. The number of ether oxygens (including phenoxy) is 3. The Morgan fingerprint density at radius 3 is 2.75 bits per heavy atom. The van der Waals surface area contributed by atoms with Gasteiger partial charge in [0.1, 0.15) is 19.0 Å². The molecule has 0 saturated carbocycles. The molecule has 1 aliphatic rings. The summed E-state index contributed by atoms with van der Waals surface area (Å²) in [6.45, 7) is 4.91. The van der Waals surface area contributed by atoms with Crippen molar-refractivity contribution >= 4 is 41.5 Å². The number of halogens is 2. The Balaban J connectivity index is 0.00000280. The highest BCUT2D eigenvalue weighted by Crippen LogP contribution is 2.38. The lowest BCUT2D eigenvalue weighted by molar-refractivity contribution is 0.171. The van der Waals surface area contributed by atoms with Gasteiger partial charge in [-0.2, -0.15) is 0 Å². The number of methoxy groups -OCH3 is 1. The zero-order valence-electron chi connectivity index (χ0n) is 16.0. The lowest BCUT2D eigenvalue weighted by atomic mass is 10.2. The maximum absolute atomic E-state index is 6.30. The fourth-order valence-corrected chi connectivity index (χ4v) is 3.08. The van der Waals surface area contributed by atoms with E-state index in [4.69, 9.17) is 25.8 Å². The first-order valence-corrected chi connectivity index (χ1v) is 9.31. The average Bonchev–Trinajstić information content (AvgIpc) is 2.70. The summed E-state index contributed by atoms with van der Waals surface area (Å²) < 4.78 is 16.6. The molecular formula is C20H25ClIN3O3. The van der Waals surface area contributed by atoms with Gasteiger partial charge in [0.05, 0.1) is 18.7 Å². The number of hydrogen-bond donors (Lipinski definition) is 2. The fraction of sp³-hybridized carbons (Fsp3) is 0.350. The van der Waals surface area contributed by atoms with Crippen LogP contribution in [-0.2, 0) is 13.1 Å². The molecule has 8 heteroatoms. The summed E-state index contributed by atoms with van der Waals surface area (Å²) in [6, 6.07) is 11.7. The second-order valence-corrected chi connectivity index (χ2v) is 6.37. The Morgan fingerprint density at radius 1 is 1.18 bits per heavy atom. The topological polar surface area (TPSA) is 64.1 Å². The first kappa shape index (κ1) is 22.4. The Morgan fingerprint density at radius 2 is 1.96 bits per heavy atom. The maximum atomic E-state index is 6.30. The van der Waals surface area contributed by atoms with E-state index in [0.717, 1.165) is 29.4 Å². The van der Waals surface area contributed by atoms with E-state index in [-0.39, 0.29) is 24.0 Å². The van der Waals surface area contributed by atoms with Crippen LogP contribution in [0, 0.1) is 0 Å². The molecule has 3 rings (SSSR count). The summed E-state index contributed by atoms with van der Waals surface area (Å²) in [7, 11) is 1.67. The second kappa shape index (κ2) is 11.2. The summed E-state index contributed by atoms with van der Waals surface area (Å²) in [5, 5.41) is 7.12. The lowest BCUT2D eigenvalue weighted by Crippen LogP contribution is -2.36. The van der Waals surface area contributed by atoms with Gasteiger partial charge in [0.15, 0.2) is 17.5 Å². The molecule has 0 spiro atoms. The Labute approximate surface area is 187 Å². The van der Waals surface area contributed by atoms with Crippen molar-refractivity contribution in [2.45, 2.75) is 20.0 Å². The zero-order chi connectivity index (χ0) is 19.1. The van der Waals surface area contributed by atoms with Gasteiger partial charge in [-0.25, -0.2) is 4.99 Å². The van der Waals surface area contributed by atoms with E-state index in [1.165, 1.54) is 0 Å². The minimum atomic E-state index is 0. The number of benzene rings is 2. The molecule has 0 amide bonds. The highest BCUT2D eigenvalue weighted by molar-refractivity contribution is 14.0. The van der Waals surface area contributed by atoms with E-state index in [9.17, 15) is 0 Å². The molecule has 0 aliphatic carbocycles. The largest absolute Gasteiger partial charge is 0.496 e. The molecule has 152 valence electrons. The number of nitrogens with one attached hydrogen (secondary N) is 2. The molecule has 1 heterocycles. The number of fused-ring (bicyclic) bond motifs is 1. The molecule has 0 bridgehead atoms. The Hall–Kier alpha value is -1.87. The molecule has 0 aromatic heterocycles. The van der Waals surface area contributed by atoms with Crippen molar-refractivity contribution in [3.8, 4) is 17.2 Å². The molecule has 0 atom stereocenters. The van der Waals surface area contributed by atoms with Gasteiger partial charge >= 0.3 is 0 Å². The zero-order valence-corrected chi connectivity index (χ0v) is 19.0. The van der Waals surface area contributed by atoms with Gasteiger partial charge in [0.2, 0.25) is 0 Å². The van der Waals surface area contributed by atoms with Gasteiger partial charge in [-0.05, 0) is 30.7 Å². The van der Waals surface area contributed by atoms with E-state index >= 15 is 0 Å². The highest BCUT2D eigenvalue weighted by atomic mass is 127. The van der Waals surface area contributed by atoms with Crippen LogP contribution in [0.15, 0.2) is 41.4 Å². The van der Waals surface area contributed by atoms with Crippen LogP contribution in [0.4, 0.5) is 0 Å². The van der Waals surface area contributed by atoms with Crippen LogP contribution in [0.3, 0.4) is 0 Å². The Bertz CT molecular complexity index is 817. The van der Waals surface area contributed by atoms with Gasteiger partial charge in [0, 0.05) is 18.7 Å². The number of hydrogen-bond acceptors (Lipinski definition) is 4. The molecule has 0 saturated heterocycles. The molecule has 1 aliphatic heterocycles. The van der Waals surface area contributed by atoms with Gasteiger partial charge < -0.3 is 24.8 Å². The van der Waals surface area contributed by atoms with E-state index in [1.54, 1.807) is 7.11 Å². The third-order valence-electron chi connectivity index (χ3n) is 4.06. The molecule has 28 heavy (non-hydrogen) atoms. The van der Waals surface area contributed by atoms with Crippen molar-refractivity contribution in [3.63, 3.8) is 0 Å². The number of nitrogens with zero attached hydrogens (tertiary/aromatic N) is 1. The lowest BCUT2D eigenvalue weighted by Gasteiger charge is -2.20. The molecule has 0 unspecified atom stereocenters. The molecule has 2 aromatic rings. The van der Waals surface area contributed by atoms with E-state index in [0.29, 0.717) is 42.8 Å². The third-order valence-corrected chi connectivity index (χ3v) is 4.34. The number of aliphatic imine (C=N–C) groups is 1. The van der Waals surface area contributed by atoms with Crippen molar-refractivity contribution in [3.05, 3.63) is 52.5 Å². The number of guanidine groups is 1. The van der Waals surface area contributed by atoms with Crippen LogP contribution in [0.25, 0.3) is 0 Å². The van der Waals surface area contributed by atoms with Crippen LogP contribution in [0.5, 0.6) is 17.2 Å². The van der Waals surface area contributed by atoms with Gasteiger partial charge in [-0.15, -0.1) is 24.0 Å². The van der Waals surface area contributed by atoms with Crippen molar-refractivity contribution in [1.82, 2.24) is 10.6 Å². The van der Waals surface area contributed by atoms with Gasteiger partial charge in [-0.3, -0.25) is 0 Å². The number of para-hydroxylation sites is 1. The van der Waals surface area contributed by atoms with Gasteiger partial charge in [0.25, 0.3) is 0 Å². The smallest absolute Gasteiger partial charge is 0.191 e. The molecule has 6 nitrogen and oxygen atoms in total. The standard InChI is InChI=1S/C20H24ClN3O3.HI/c1-3-22-20(24-13-15-6-4-5-7-17(15)25-2)23-12-14-10-16(21)19-18(11-14)26-8-9-27-19;/h4-7,10-11H,3,8-9,12-13H2,1-2H3,(H2,22,23,24);1H. The second-order valence-electron chi connectivity index (χ2n) is 5.96. The maximum Gasteiger partial charge on any atom is 0.191 e. The molecule has 2 N–H and O–H groups in total. The summed E-state index contributed by atoms with van der Waals surface area (Å²) >= 11 is 6.30. The minimum Gasteiger partial charge on any atom is -0.496 e. The Kier molecular flexibility index (Phi) is 8.98. The van der Waals surface area contributed by atoms with E-state index < -0.39 is 0 Å². The molecule has 2 aromatic carbocycles. The van der Waals surface area contributed by atoms with E-state index in [1.807, 2.05) is 43.3 Å². The van der Waals surface area contributed by atoms with Crippen molar-refractivity contribution in [1.29, 1.82) is 0 Å². The van der Waals surface area contributed by atoms with Crippen LogP contribution < -0.4 is 24.8 Å². The monoisotopic (exact) mass is 517 g/mol. The summed E-state index contributed by atoms with van der Waals surface area (Å²) in [4.78, 5) is 4.64. The molecular weight excluding hydrogens is 493 g/mol. The van der Waals surface area contributed by atoms with Crippen molar-refractivity contribution in [2.24, 2.45) is 4.99 Å². The van der Waals surface area contributed by atoms with E-state index in [2.05, 4.69) is 15.6 Å². The van der Waals surface area contributed by atoms with Crippen LogP contribution in [-0.4, -0.2) is 32.8 Å². The van der Waals surface area contributed by atoms with Crippen LogP contribution in [0.2, 0.25) is 5.02 Å². The summed E-state index contributed by atoms with van der Waals surface area (Å²) in [5.74, 6) is 2.84. The van der Waals surface area contributed by atoms with Crippen molar-refractivity contribution < 1.29 is 14.2 Å². The quantitative estimate of drug-likeness (QED) is 0.345. The van der Waals surface area contributed by atoms with Gasteiger partial charge in [-0.1, -0.05) is 29.8 Å². The minimum absolute atomic E-state index is 0. The number of rotatable bonds is 6. The summed E-state index contributed by atoms with van der Waals surface area (Å²) in [6.07, 6.45) is 0. The molecule has 0 radical (unpaired) electrons. The predicted molar refractivity (Wildman–Crippen MR) is 123 cm³/mol. The van der Waals surface area contributed by atoms with Crippen LogP contribution >= 0.6 is 35.6 Å². The van der Waals surface area contributed by atoms with Crippen LogP contribution in [0.1, 0.15) is 18.1 Å². The normalized spacial score (nSPS) is 12.8. The first-order chi connectivity index (χ1) is 13.2. The predicted octanol–water partition coefficient (Wildman–Crippen LogP) is 3.99. The first-order valence-electron chi connectivity index (χ1n) is 8.93. The summed E-state index contributed by atoms with van der Waals surface area (Å²) in [5.41, 5.74) is 2.02.